The second kappa shape index (κ2) is 8.71. The molecule has 0 aromatic carbocycles. The van der Waals surface area contributed by atoms with E-state index in [1.807, 2.05) is 0 Å². The van der Waals surface area contributed by atoms with Gasteiger partial charge in [0.2, 0.25) is 0 Å². The van der Waals surface area contributed by atoms with Crippen LogP contribution in [0.15, 0.2) is 21.8 Å². The van der Waals surface area contributed by atoms with Crippen LogP contribution in [0, 0.1) is 0 Å². The molecular weight excluding hydrogens is 456 g/mol. The standard InChI is InChI=1S/C19H24N6O5S2/c1-25(5-3-4-6-25)7-10-8-31-17-13(16(27)24(17)14(10)18(28)29)22-15(26)12(23-30-2)11-9-32-19(20)21-11/h9,13,17H,3-8H2,1-2H3,(H3-,20,21,22,26,28,29)/p+1/b23-12-/t13-,17-/m1/s1. The van der Waals surface area contributed by atoms with Gasteiger partial charge in [0, 0.05) is 29.5 Å². The van der Waals surface area contributed by atoms with Crippen LogP contribution < -0.4 is 11.1 Å². The summed E-state index contributed by atoms with van der Waals surface area (Å²) in [5.41, 5.74) is 6.59. The fraction of sp³-hybridized carbons (Fsp3) is 0.526. The quantitative estimate of drug-likeness (QED) is 0.214. The summed E-state index contributed by atoms with van der Waals surface area (Å²) in [7, 11) is 3.42. The van der Waals surface area contributed by atoms with Crippen molar-refractivity contribution < 1.29 is 28.8 Å². The predicted molar refractivity (Wildman–Crippen MR) is 120 cm³/mol. The summed E-state index contributed by atoms with van der Waals surface area (Å²) in [5.74, 6) is -1.71. The summed E-state index contributed by atoms with van der Waals surface area (Å²) in [4.78, 5) is 47.9. The van der Waals surface area contributed by atoms with E-state index in [0.29, 0.717) is 12.3 Å². The number of nitrogens with one attached hydrogen (secondary N) is 1. The number of amides is 2. The molecule has 172 valence electrons. The lowest BCUT2D eigenvalue weighted by molar-refractivity contribution is -0.893. The SMILES string of the molecule is CO/N=C(\C(=O)N[C@@H]1C(=O)N2C(C(=O)O)=C(C[N+]3(C)CCCC3)CS[C@H]12)c1csc(N)n1. The third kappa shape index (κ3) is 4.07. The zero-order chi connectivity index (χ0) is 23.0. The van der Waals surface area contributed by atoms with Crippen LogP contribution in [0.5, 0.6) is 0 Å². The number of carbonyl (C=O) groups is 3. The normalized spacial score (nSPS) is 24.8. The van der Waals surface area contributed by atoms with Gasteiger partial charge in [-0.05, 0) is 0 Å². The number of hydrogen-bond acceptors (Lipinski definition) is 9. The number of thioether (sulfide) groups is 1. The number of nitrogens with two attached hydrogens (primary N) is 1. The first-order valence-electron chi connectivity index (χ1n) is 10.1. The third-order valence-corrected chi connectivity index (χ3v) is 7.93. The number of carboxylic acids is 1. The molecule has 1 aromatic rings. The van der Waals surface area contributed by atoms with E-state index in [4.69, 9.17) is 10.6 Å². The van der Waals surface area contributed by atoms with Gasteiger partial charge in [-0.1, -0.05) is 5.16 Å². The Morgan fingerprint density at radius 1 is 1.44 bits per heavy atom. The number of oxime groups is 1. The van der Waals surface area contributed by atoms with Crippen LogP contribution in [0.1, 0.15) is 18.5 Å². The number of aliphatic carboxylic acids is 1. The van der Waals surface area contributed by atoms with E-state index in [1.165, 1.54) is 23.8 Å². The molecule has 0 bridgehead atoms. The number of nitrogen functional groups attached to an aromatic ring is 1. The second-order valence-electron chi connectivity index (χ2n) is 8.24. The molecule has 3 aliphatic rings. The molecule has 2 atom stereocenters. The Labute approximate surface area is 192 Å². The lowest BCUT2D eigenvalue weighted by Gasteiger charge is -2.49. The van der Waals surface area contributed by atoms with Crippen LogP contribution in [0.2, 0.25) is 0 Å². The number of hydrogen-bond donors (Lipinski definition) is 3. The number of thiazole rings is 1. The molecule has 2 saturated heterocycles. The molecule has 32 heavy (non-hydrogen) atoms. The number of anilines is 1. The number of carboxylic acid groups (broad SMARTS) is 1. The van der Waals surface area contributed by atoms with E-state index in [1.54, 1.807) is 5.38 Å². The monoisotopic (exact) mass is 481 g/mol. The molecule has 0 saturated carbocycles. The molecule has 0 unspecified atom stereocenters. The summed E-state index contributed by atoms with van der Waals surface area (Å²) < 4.78 is 0.785. The van der Waals surface area contributed by atoms with Gasteiger partial charge in [-0.3, -0.25) is 14.5 Å². The first kappa shape index (κ1) is 22.6. The summed E-state index contributed by atoms with van der Waals surface area (Å²) >= 11 is 2.61. The van der Waals surface area contributed by atoms with Crippen LogP contribution in [0.25, 0.3) is 0 Å². The van der Waals surface area contributed by atoms with E-state index < -0.39 is 29.2 Å². The highest BCUT2D eigenvalue weighted by Crippen LogP contribution is 2.41. The molecule has 1 aromatic heterocycles. The van der Waals surface area contributed by atoms with Gasteiger partial charge in [0.1, 0.15) is 36.5 Å². The van der Waals surface area contributed by atoms with Gasteiger partial charge in [-0.15, -0.1) is 23.1 Å². The molecule has 13 heteroatoms. The van der Waals surface area contributed by atoms with Gasteiger partial charge in [-0.25, -0.2) is 9.78 Å². The van der Waals surface area contributed by atoms with Crippen LogP contribution in [0.4, 0.5) is 5.13 Å². The van der Waals surface area contributed by atoms with Gasteiger partial charge in [0.05, 0.1) is 20.1 Å². The number of quaternary nitrogens is 1. The van der Waals surface area contributed by atoms with Gasteiger partial charge >= 0.3 is 5.97 Å². The number of likely N-dealkylation sites (N-methyl/N-ethyl adjacent to an activating group) is 1. The molecule has 4 heterocycles. The van der Waals surface area contributed by atoms with Crippen molar-refractivity contribution in [1.29, 1.82) is 0 Å². The molecule has 0 radical (unpaired) electrons. The van der Waals surface area contributed by atoms with Crippen molar-refractivity contribution in [1.82, 2.24) is 15.2 Å². The largest absolute Gasteiger partial charge is 0.477 e. The lowest BCUT2D eigenvalue weighted by Crippen LogP contribution is -2.71. The number of rotatable bonds is 7. The van der Waals surface area contributed by atoms with Gasteiger partial charge < -0.3 is 25.5 Å². The zero-order valence-corrected chi connectivity index (χ0v) is 19.4. The average molecular weight is 482 g/mol. The van der Waals surface area contributed by atoms with Crippen LogP contribution in [-0.2, 0) is 19.2 Å². The zero-order valence-electron chi connectivity index (χ0n) is 17.7. The Kier molecular flexibility index (Phi) is 6.14. The minimum Gasteiger partial charge on any atom is -0.477 e. The number of nitrogens with zero attached hydrogens (tertiary/aromatic N) is 4. The van der Waals surface area contributed by atoms with Crippen molar-refractivity contribution in [3.05, 3.63) is 22.3 Å². The molecule has 2 fully saturated rings. The molecular formula is C19H25N6O5S2+. The van der Waals surface area contributed by atoms with Gasteiger partial charge in [-0.2, -0.15) is 0 Å². The van der Waals surface area contributed by atoms with E-state index in [2.05, 4.69) is 22.5 Å². The van der Waals surface area contributed by atoms with Gasteiger partial charge in [0.25, 0.3) is 11.8 Å². The molecule has 4 N–H and O–H groups in total. The highest BCUT2D eigenvalue weighted by molar-refractivity contribution is 8.00. The molecule has 4 rings (SSSR count). The van der Waals surface area contributed by atoms with Crippen LogP contribution in [0.3, 0.4) is 0 Å². The first-order valence-corrected chi connectivity index (χ1v) is 12.0. The maximum absolute atomic E-state index is 12.9. The number of fused-ring (bicyclic) bond motifs is 1. The Bertz CT molecular complexity index is 1020. The van der Waals surface area contributed by atoms with E-state index in [-0.39, 0.29) is 22.2 Å². The number of likely N-dealkylation sites (tertiary alicyclic amines) is 1. The second-order valence-corrected chi connectivity index (χ2v) is 10.2. The number of aromatic nitrogens is 1. The molecule has 2 amide bonds. The predicted octanol–water partition coefficient (Wildman–Crippen LogP) is 0.0548. The van der Waals surface area contributed by atoms with Gasteiger partial charge in [0.15, 0.2) is 10.8 Å². The van der Waals surface area contributed by atoms with E-state index >= 15 is 0 Å². The van der Waals surface area contributed by atoms with Crippen molar-refractivity contribution in [3.8, 4) is 0 Å². The average Bonchev–Trinajstić information content (AvgIpc) is 3.37. The highest BCUT2D eigenvalue weighted by Gasteiger charge is 2.55. The topological polar surface area (TPSA) is 147 Å². The molecule has 0 spiro atoms. The van der Waals surface area contributed by atoms with Crippen LogP contribution in [-0.4, -0.2) is 93.9 Å². The van der Waals surface area contributed by atoms with Crippen molar-refractivity contribution in [3.63, 3.8) is 0 Å². The summed E-state index contributed by atoms with van der Waals surface area (Å²) in [5, 5.41) is 17.6. The van der Waals surface area contributed by atoms with Crippen molar-refractivity contribution in [2.24, 2.45) is 5.16 Å². The Morgan fingerprint density at radius 2 is 2.16 bits per heavy atom. The fourth-order valence-electron chi connectivity index (χ4n) is 4.42. The molecule has 3 aliphatic heterocycles. The maximum atomic E-state index is 12.9. The minimum absolute atomic E-state index is 0.0496. The number of carbonyl (C=O) groups excluding carboxylic acids is 2. The maximum Gasteiger partial charge on any atom is 0.352 e. The van der Waals surface area contributed by atoms with Crippen molar-refractivity contribution >= 4 is 51.7 Å². The fourth-order valence-corrected chi connectivity index (χ4v) is 6.31. The van der Waals surface area contributed by atoms with Crippen molar-refractivity contribution in [2.75, 3.05) is 45.3 Å². The van der Waals surface area contributed by atoms with Crippen LogP contribution >= 0.6 is 23.1 Å². The summed E-state index contributed by atoms with van der Waals surface area (Å²) in [6.45, 7) is 2.61. The van der Waals surface area contributed by atoms with Crippen molar-refractivity contribution in [2.45, 2.75) is 24.3 Å². The Hall–Kier alpha value is -2.64. The summed E-state index contributed by atoms with van der Waals surface area (Å²) in [6, 6.07) is -0.863. The lowest BCUT2D eigenvalue weighted by atomic mass is 10.0. The molecule has 11 nitrogen and oxygen atoms in total. The first-order chi connectivity index (χ1) is 15.2. The van der Waals surface area contributed by atoms with E-state index in [9.17, 15) is 19.5 Å². The Morgan fingerprint density at radius 3 is 2.75 bits per heavy atom. The molecule has 0 aliphatic carbocycles. The minimum atomic E-state index is -1.12. The van der Waals surface area contributed by atoms with E-state index in [0.717, 1.165) is 47.3 Å². The Balaban J connectivity index is 1.52. The third-order valence-electron chi connectivity index (χ3n) is 5.92. The summed E-state index contributed by atoms with van der Waals surface area (Å²) in [6.07, 6.45) is 2.24. The smallest absolute Gasteiger partial charge is 0.352 e. The highest BCUT2D eigenvalue weighted by atomic mass is 32.2. The number of β-lactam (4-membered cyclic amide) rings is 1.